The van der Waals surface area contributed by atoms with Crippen molar-refractivity contribution >= 4 is 11.7 Å². The number of carbonyl (C=O) groups is 1. The Kier molecular flexibility index (Phi) is 5.77. The normalized spacial score (nSPS) is 15.3. The number of halogens is 1. The Balaban J connectivity index is 1.39. The maximum atomic E-state index is 14.6. The Labute approximate surface area is 230 Å². The van der Waals surface area contributed by atoms with Gasteiger partial charge >= 0.3 is 6.03 Å². The summed E-state index contributed by atoms with van der Waals surface area (Å²) in [6, 6.07) is 24.7. The highest BCUT2D eigenvalue weighted by atomic mass is 19.1. The zero-order valence-corrected chi connectivity index (χ0v) is 21.8. The number of anilines is 1. The van der Waals surface area contributed by atoms with Gasteiger partial charge in [-0.2, -0.15) is 5.10 Å². The number of para-hydroxylation sites is 1. The SMILES string of the molecule is CCc1nn(-c2ccccc2)c2c1CN(C(=O)Nc1ccc3c(c1)OCO3)[C@H](c1cccc(F)c1)c1cccn1-2. The summed E-state index contributed by atoms with van der Waals surface area (Å²) in [6.45, 7) is 2.47. The number of carbonyl (C=O) groups excluding carboxylic acids is 1. The molecule has 1 N–H and O–H groups in total. The van der Waals surface area contributed by atoms with Crippen molar-refractivity contribution in [3.8, 4) is 23.0 Å². The second-order valence-electron chi connectivity index (χ2n) is 9.74. The van der Waals surface area contributed by atoms with Crippen LogP contribution in [0.4, 0.5) is 14.9 Å². The number of ether oxygens (including phenoxy) is 2. The van der Waals surface area contributed by atoms with Crippen LogP contribution in [0.5, 0.6) is 11.5 Å². The van der Waals surface area contributed by atoms with Crippen molar-refractivity contribution < 1.29 is 18.7 Å². The van der Waals surface area contributed by atoms with Crippen molar-refractivity contribution in [2.24, 2.45) is 0 Å². The molecule has 0 spiro atoms. The molecule has 7 rings (SSSR count). The largest absolute Gasteiger partial charge is 0.454 e. The number of nitrogens with one attached hydrogen (secondary N) is 1. The van der Waals surface area contributed by atoms with Gasteiger partial charge in [-0.3, -0.25) is 0 Å². The van der Waals surface area contributed by atoms with Crippen LogP contribution in [0.2, 0.25) is 0 Å². The summed E-state index contributed by atoms with van der Waals surface area (Å²) in [5.41, 5.74) is 4.80. The van der Waals surface area contributed by atoms with Crippen molar-refractivity contribution in [1.29, 1.82) is 0 Å². The number of benzene rings is 3. The van der Waals surface area contributed by atoms with E-state index in [9.17, 15) is 9.18 Å². The highest BCUT2D eigenvalue weighted by Crippen LogP contribution is 2.40. The molecule has 9 heteroatoms. The molecule has 40 heavy (non-hydrogen) atoms. The van der Waals surface area contributed by atoms with Gasteiger partial charge in [0.25, 0.3) is 0 Å². The van der Waals surface area contributed by atoms with Crippen LogP contribution in [0.25, 0.3) is 11.5 Å². The molecule has 0 fully saturated rings. The minimum absolute atomic E-state index is 0.144. The molecule has 200 valence electrons. The summed E-state index contributed by atoms with van der Waals surface area (Å²) in [6.07, 6.45) is 2.65. The first-order valence-corrected chi connectivity index (χ1v) is 13.2. The number of rotatable bonds is 4. The molecule has 0 saturated heterocycles. The van der Waals surface area contributed by atoms with Gasteiger partial charge in [0, 0.05) is 23.5 Å². The van der Waals surface area contributed by atoms with E-state index in [-0.39, 0.29) is 25.2 Å². The van der Waals surface area contributed by atoms with E-state index in [1.807, 2.05) is 59.4 Å². The van der Waals surface area contributed by atoms with Crippen LogP contribution in [0.15, 0.2) is 91.1 Å². The van der Waals surface area contributed by atoms with Crippen LogP contribution in [-0.4, -0.2) is 32.1 Å². The fourth-order valence-electron chi connectivity index (χ4n) is 5.55. The Morgan fingerprint density at radius 2 is 1.85 bits per heavy atom. The highest BCUT2D eigenvalue weighted by molar-refractivity contribution is 5.90. The Morgan fingerprint density at radius 1 is 1.00 bits per heavy atom. The minimum atomic E-state index is -0.568. The molecule has 2 aliphatic rings. The van der Waals surface area contributed by atoms with Gasteiger partial charge in [0.2, 0.25) is 6.79 Å². The van der Waals surface area contributed by atoms with E-state index in [4.69, 9.17) is 14.6 Å². The third-order valence-corrected chi connectivity index (χ3v) is 7.35. The molecular formula is C31H26FN5O3. The van der Waals surface area contributed by atoms with Crippen molar-refractivity contribution in [1.82, 2.24) is 19.2 Å². The van der Waals surface area contributed by atoms with E-state index in [0.29, 0.717) is 29.2 Å². The quantitative estimate of drug-likeness (QED) is 0.296. The monoisotopic (exact) mass is 535 g/mol. The fourth-order valence-corrected chi connectivity index (χ4v) is 5.55. The lowest BCUT2D eigenvalue weighted by molar-refractivity contribution is 0.174. The lowest BCUT2D eigenvalue weighted by atomic mass is 10.0. The number of aromatic nitrogens is 3. The number of nitrogens with zero attached hydrogens (tertiary/aromatic N) is 4. The molecule has 8 nitrogen and oxygen atoms in total. The lowest BCUT2D eigenvalue weighted by Crippen LogP contribution is -2.38. The van der Waals surface area contributed by atoms with Crippen molar-refractivity contribution in [2.75, 3.05) is 12.1 Å². The molecule has 0 saturated carbocycles. The molecule has 3 aromatic carbocycles. The van der Waals surface area contributed by atoms with Gasteiger partial charge in [-0.05, 0) is 60.5 Å². The Morgan fingerprint density at radius 3 is 2.67 bits per heavy atom. The van der Waals surface area contributed by atoms with E-state index in [1.54, 1.807) is 29.2 Å². The molecule has 4 heterocycles. The molecule has 2 aromatic heterocycles. The van der Waals surface area contributed by atoms with Gasteiger partial charge in [0.1, 0.15) is 11.6 Å². The summed E-state index contributed by atoms with van der Waals surface area (Å²) in [4.78, 5) is 15.9. The maximum Gasteiger partial charge on any atom is 0.322 e. The number of hydrogen-bond acceptors (Lipinski definition) is 4. The van der Waals surface area contributed by atoms with Crippen LogP contribution < -0.4 is 14.8 Å². The van der Waals surface area contributed by atoms with E-state index >= 15 is 0 Å². The summed E-state index contributed by atoms with van der Waals surface area (Å²) >= 11 is 0. The highest BCUT2D eigenvalue weighted by Gasteiger charge is 2.36. The van der Waals surface area contributed by atoms with E-state index in [0.717, 1.165) is 28.5 Å². The molecule has 0 bridgehead atoms. The van der Waals surface area contributed by atoms with E-state index in [2.05, 4.69) is 16.8 Å². The zero-order chi connectivity index (χ0) is 27.2. The second-order valence-corrected chi connectivity index (χ2v) is 9.74. The summed E-state index contributed by atoms with van der Waals surface area (Å²) in [7, 11) is 0. The molecule has 0 radical (unpaired) electrons. The van der Waals surface area contributed by atoms with Gasteiger partial charge in [0.15, 0.2) is 11.5 Å². The predicted molar refractivity (Wildman–Crippen MR) is 148 cm³/mol. The van der Waals surface area contributed by atoms with Crippen molar-refractivity contribution in [3.05, 3.63) is 119 Å². The molecule has 2 aliphatic heterocycles. The molecule has 2 amide bonds. The van der Waals surface area contributed by atoms with Crippen LogP contribution in [-0.2, 0) is 13.0 Å². The summed E-state index contributed by atoms with van der Waals surface area (Å²) in [5, 5.41) is 8.01. The molecule has 0 unspecified atom stereocenters. The predicted octanol–water partition coefficient (Wildman–Crippen LogP) is 6.23. The van der Waals surface area contributed by atoms with Crippen molar-refractivity contribution in [2.45, 2.75) is 25.9 Å². The van der Waals surface area contributed by atoms with E-state index in [1.165, 1.54) is 12.1 Å². The average molecular weight is 536 g/mol. The minimum Gasteiger partial charge on any atom is -0.454 e. The topological polar surface area (TPSA) is 73.6 Å². The first-order valence-electron chi connectivity index (χ1n) is 13.2. The van der Waals surface area contributed by atoms with Crippen LogP contribution >= 0.6 is 0 Å². The molecule has 1 atom stereocenters. The van der Waals surface area contributed by atoms with Gasteiger partial charge < -0.3 is 24.3 Å². The molecule has 0 aliphatic carbocycles. The van der Waals surface area contributed by atoms with Gasteiger partial charge in [-0.1, -0.05) is 37.3 Å². The standard InChI is InChI=1S/C31H26FN5O3/c1-2-25-24-18-36(31(38)33-22-13-14-27-28(17-22)40-19-39-27)29(20-8-6-9-21(32)16-20)26-12-7-15-35(26)30(24)37(34-25)23-10-4-3-5-11-23/h3-17,29H,2,18-19H2,1H3,(H,33,38)/t29-/m1/s1. The number of hydrogen-bond donors (Lipinski definition) is 1. The van der Waals surface area contributed by atoms with E-state index < -0.39 is 6.04 Å². The van der Waals surface area contributed by atoms with Gasteiger partial charge in [0.05, 0.1) is 29.7 Å². The van der Waals surface area contributed by atoms with Crippen LogP contribution in [0, 0.1) is 5.82 Å². The fraction of sp³-hybridized carbons (Fsp3) is 0.161. The number of amides is 2. The average Bonchev–Trinajstić information content (AvgIpc) is 3.70. The Hall–Kier alpha value is -5.05. The lowest BCUT2D eigenvalue weighted by Gasteiger charge is -2.31. The van der Waals surface area contributed by atoms with Crippen LogP contribution in [0.3, 0.4) is 0 Å². The van der Waals surface area contributed by atoms with Gasteiger partial charge in [-0.15, -0.1) is 0 Å². The van der Waals surface area contributed by atoms with Crippen LogP contribution in [0.1, 0.15) is 35.5 Å². The maximum absolute atomic E-state index is 14.6. The third kappa shape index (κ3) is 3.98. The number of urea groups is 1. The smallest absolute Gasteiger partial charge is 0.322 e. The molecule has 5 aromatic rings. The number of fused-ring (bicyclic) bond motifs is 4. The summed E-state index contributed by atoms with van der Waals surface area (Å²) < 4.78 is 29.5. The zero-order valence-electron chi connectivity index (χ0n) is 21.8. The third-order valence-electron chi connectivity index (χ3n) is 7.35. The summed E-state index contributed by atoms with van der Waals surface area (Å²) in [5.74, 6) is 1.71. The van der Waals surface area contributed by atoms with Crippen molar-refractivity contribution in [3.63, 3.8) is 0 Å². The first-order chi connectivity index (χ1) is 19.6. The molecular weight excluding hydrogens is 509 g/mol. The number of aryl methyl sites for hydroxylation is 1. The Bertz CT molecular complexity index is 1730. The second kappa shape index (κ2) is 9.60. The van der Waals surface area contributed by atoms with Gasteiger partial charge in [-0.25, -0.2) is 13.9 Å². The first kappa shape index (κ1) is 24.0.